The molecular weight excluding hydrogens is 1390 g/mol. The summed E-state index contributed by atoms with van der Waals surface area (Å²) in [6, 6.07) is 26.3. The van der Waals surface area contributed by atoms with E-state index in [1.54, 1.807) is 60.7 Å². The van der Waals surface area contributed by atoms with Gasteiger partial charge in [-0.1, -0.05) is 207 Å². The summed E-state index contributed by atoms with van der Waals surface area (Å²) in [7, 11) is 7.65. The molecule has 0 unspecified atom stereocenters. The third-order valence-corrected chi connectivity index (χ3v) is 19.1. The van der Waals surface area contributed by atoms with Crippen molar-refractivity contribution in [2.24, 2.45) is 29.6 Å². The summed E-state index contributed by atoms with van der Waals surface area (Å²) in [5.41, 5.74) is 5.12. The SMILES string of the molecule is COc1cc(CCC(=O)CCCC/C=C/C(C)C)ccc1O.COc1cc(CCC(=O)CCCCC/C=C/C(C)C)ccc1O.COc1cc(CCC(=O)CCCCCC(C)C)ccc1O.COc1cc(CCC(=O)CCCCCCC(C)C)ccc1O.COc1cc(CCC(=O)CCCCCCCC(C)C)ccc1O. The van der Waals surface area contributed by atoms with E-state index in [2.05, 4.69) is 93.5 Å². The van der Waals surface area contributed by atoms with Crippen molar-refractivity contribution >= 4 is 28.9 Å². The molecule has 5 rings (SSSR count). The number of hydrogen-bond donors (Lipinski definition) is 5. The number of benzene rings is 5. The smallest absolute Gasteiger partial charge is 0.160 e. The Labute approximate surface area is 671 Å². The molecule has 622 valence electrons. The molecule has 5 aromatic rings. The van der Waals surface area contributed by atoms with E-state index in [1.165, 1.54) is 93.3 Å². The number of ether oxygens (including phenoxy) is 5. The molecule has 0 aromatic heterocycles. The van der Waals surface area contributed by atoms with Gasteiger partial charge in [-0.15, -0.1) is 0 Å². The Hall–Kier alpha value is -8.07. The maximum absolute atomic E-state index is 11.9. The van der Waals surface area contributed by atoms with E-state index in [4.69, 9.17) is 23.7 Å². The van der Waals surface area contributed by atoms with E-state index < -0.39 is 0 Å². The van der Waals surface area contributed by atoms with Crippen LogP contribution < -0.4 is 23.7 Å². The lowest BCUT2D eigenvalue weighted by atomic mass is 10.0. The second-order valence-corrected chi connectivity index (χ2v) is 31.5. The number of phenolic OH excluding ortho intramolecular Hbond substituents is 5. The summed E-state index contributed by atoms with van der Waals surface area (Å²) >= 11 is 0. The molecule has 15 heteroatoms. The van der Waals surface area contributed by atoms with Gasteiger partial charge in [-0.05, 0) is 208 Å². The third kappa shape index (κ3) is 53.5. The van der Waals surface area contributed by atoms with Crippen LogP contribution in [-0.4, -0.2) is 90.0 Å². The minimum Gasteiger partial charge on any atom is -0.504 e. The monoisotopic (exact) mass is 1540 g/mol. The number of aromatic hydroxyl groups is 5. The van der Waals surface area contributed by atoms with Gasteiger partial charge in [0.2, 0.25) is 0 Å². The number of methoxy groups -OCH3 is 5. The van der Waals surface area contributed by atoms with Crippen molar-refractivity contribution in [1.29, 1.82) is 0 Å². The van der Waals surface area contributed by atoms with Crippen LogP contribution in [-0.2, 0) is 56.1 Å². The molecule has 0 saturated carbocycles. The topological polar surface area (TPSA) is 233 Å². The highest BCUT2D eigenvalue weighted by atomic mass is 16.5. The Bertz CT molecular complexity index is 3370. The molecule has 0 bridgehead atoms. The lowest BCUT2D eigenvalue weighted by Gasteiger charge is -2.07. The first-order valence-corrected chi connectivity index (χ1v) is 41.8. The number of rotatable bonds is 54. The summed E-state index contributed by atoms with van der Waals surface area (Å²) in [4.78, 5) is 59.5. The number of carbonyl (C=O) groups is 5. The molecule has 5 N–H and O–H groups in total. The Kier molecular flexibility index (Phi) is 57.7. The molecule has 0 spiro atoms. The van der Waals surface area contributed by atoms with Crippen molar-refractivity contribution in [1.82, 2.24) is 0 Å². The minimum absolute atomic E-state index is 0.132. The highest BCUT2D eigenvalue weighted by Gasteiger charge is 2.13. The molecule has 5 aromatic carbocycles. The van der Waals surface area contributed by atoms with E-state index in [0.29, 0.717) is 166 Å². The third-order valence-electron chi connectivity index (χ3n) is 19.1. The van der Waals surface area contributed by atoms with Gasteiger partial charge in [0.1, 0.15) is 28.9 Å². The van der Waals surface area contributed by atoms with E-state index in [1.807, 2.05) is 30.3 Å². The molecular formula is C96H148O15. The van der Waals surface area contributed by atoms with Crippen molar-refractivity contribution in [2.45, 2.75) is 307 Å². The summed E-state index contributed by atoms with van der Waals surface area (Å²) in [6.07, 6.45) is 44.0. The van der Waals surface area contributed by atoms with Crippen LogP contribution in [0, 0.1) is 29.6 Å². The molecule has 0 atom stereocenters. The standard InChI is InChI=1S/C20H32O3.C20H30O3.C19H30O3.C19H28O3.C18H28O3/c2*1-16(2)9-7-5-4-6-8-10-18(21)13-11-17-12-14-19(22)20(15-17)23-3;2*1-15(2)8-6-4-5-7-9-17(20)12-10-16-11-13-18(21)19(14-16)22-3;1-14(2)7-5-4-6-8-16(19)11-9-15-10-12-17(20)18(13-15)21-3/h12,14-16,22H,4-11,13H2,1-3H3;7,9,12,14-16,22H,4-6,8,10-11,13H2,1-3H3;11,13-15,21H,4-10,12H2,1-3H3;6,8,11,13-15,21H,4-5,7,9-10,12H2,1-3H3;10,12-14,20H,4-9,11H2,1-3H3/b;9-7+;;8-6+;. The van der Waals surface area contributed by atoms with E-state index in [9.17, 15) is 49.5 Å². The number of Topliss-reactive ketones (excluding diaryl/α,β-unsaturated/α-hetero) is 5. The van der Waals surface area contributed by atoms with E-state index in [-0.39, 0.29) is 28.7 Å². The Morgan fingerprint density at radius 2 is 0.459 bits per heavy atom. The number of aryl methyl sites for hydroxylation is 5. The van der Waals surface area contributed by atoms with Gasteiger partial charge >= 0.3 is 0 Å². The van der Waals surface area contributed by atoms with Gasteiger partial charge in [-0.2, -0.15) is 0 Å². The number of carbonyl (C=O) groups excluding carboxylic acids is 5. The molecule has 111 heavy (non-hydrogen) atoms. The molecule has 15 nitrogen and oxygen atoms in total. The zero-order chi connectivity index (χ0) is 82.6. The maximum Gasteiger partial charge on any atom is 0.160 e. The van der Waals surface area contributed by atoms with Crippen molar-refractivity contribution in [2.75, 3.05) is 35.5 Å². The van der Waals surface area contributed by atoms with Crippen LogP contribution in [0.15, 0.2) is 115 Å². The van der Waals surface area contributed by atoms with Gasteiger partial charge in [0, 0.05) is 64.2 Å². The fraction of sp³-hybridized carbons (Fsp3) is 0.594. The van der Waals surface area contributed by atoms with Gasteiger partial charge in [-0.3, -0.25) is 24.0 Å². The van der Waals surface area contributed by atoms with Crippen molar-refractivity contribution in [3.05, 3.63) is 143 Å². The summed E-state index contributed by atoms with van der Waals surface area (Å²) in [5, 5.41) is 47.7. The Morgan fingerprint density at radius 1 is 0.270 bits per heavy atom. The predicted octanol–water partition coefficient (Wildman–Crippen LogP) is 24.4. The van der Waals surface area contributed by atoms with Gasteiger partial charge in [-0.25, -0.2) is 0 Å². The van der Waals surface area contributed by atoms with Gasteiger partial charge in [0.15, 0.2) is 57.5 Å². The first kappa shape index (κ1) is 101. The Morgan fingerprint density at radius 3 is 0.676 bits per heavy atom. The zero-order valence-corrected chi connectivity index (χ0v) is 71.3. The van der Waals surface area contributed by atoms with Crippen molar-refractivity contribution in [3.63, 3.8) is 0 Å². The average molecular weight is 1540 g/mol. The first-order chi connectivity index (χ1) is 53.1. The van der Waals surface area contributed by atoms with E-state index in [0.717, 1.165) is 129 Å². The highest BCUT2D eigenvalue weighted by Crippen LogP contribution is 2.32. The summed E-state index contributed by atoms with van der Waals surface area (Å²) in [6.45, 7) is 22.2. The second-order valence-electron chi connectivity index (χ2n) is 31.5. The average Bonchev–Trinajstić information content (AvgIpc) is 0.905. The lowest BCUT2D eigenvalue weighted by Crippen LogP contribution is -2.00. The molecule has 0 aliphatic heterocycles. The molecule has 0 heterocycles. The van der Waals surface area contributed by atoms with Crippen molar-refractivity contribution in [3.8, 4) is 57.5 Å². The van der Waals surface area contributed by atoms with Crippen molar-refractivity contribution < 1.29 is 73.2 Å². The van der Waals surface area contributed by atoms with Crippen LogP contribution in [0.5, 0.6) is 57.5 Å². The van der Waals surface area contributed by atoms with Crippen LogP contribution in [0.3, 0.4) is 0 Å². The minimum atomic E-state index is 0.132. The predicted molar refractivity (Wildman–Crippen MR) is 457 cm³/mol. The van der Waals surface area contributed by atoms with Crippen LogP contribution in [0.1, 0.15) is 303 Å². The number of allylic oxidation sites excluding steroid dienone is 4. The number of phenols is 5. The molecule has 0 radical (unpaired) electrons. The lowest BCUT2D eigenvalue weighted by molar-refractivity contribution is -0.120. The van der Waals surface area contributed by atoms with Crippen LogP contribution >= 0.6 is 0 Å². The van der Waals surface area contributed by atoms with Crippen LogP contribution in [0.2, 0.25) is 0 Å². The largest absolute Gasteiger partial charge is 0.504 e. The highest BCUT2D eigenvalue weighted by molar-refractivity contribution is 5.80. The maximum atomic E-state index is 11.9. The molecule has 0 fully saturated rings. The van der Waals surface area contributed by atoms with Gasteiger partial charge in [0.25, 0.3) is 0 Å². The second kappa shape index (κ2) is 63.4. The van der Waals surface area contributed by atoms with E-state index >= 15 is 0 Å². The molecule has 0 saturated heterocycles. The van der Waals surface area contributed by atoms with Crippen LogP contribution in [0.4, 0.5) is 0 Å². The number of hydrogen-bond acceptors (Lipinski definition) is 15. The number of unbranched alkanes of at least 4 members (excludes halogenated alkanes) is 14. The molecule has 0 aliphatic rings. The fourth-order valence-electron chi connectivity index (χ4n) is 12.2. The van der Waals surface area contributed by atoms with Crippen LogP contribution in [0.25, 0.3) is 0 Å². The number of ketones is 5. The molecule has 0 amide bonds. The fourth-order valence-corrected chi connectivity index (χ4v) is 12.2. The quantitative estimate of drug-likeness (QED) is 0.0180. The summed E-state index contributed by atoms with van der Waals surface area (Å²) < 4.78 is 25.4. The molecule has 0 aliphatic carbocycles. The Balaban J connectivity index is 0.000000694. The summed E-state index contributed by atoms with van der Waals surface area (Å²) in [5.74, 6) is 8.17. The zero-order valence-electron chi connectivity index (χ0n) is 71.3. The normalized spacial score (nSPS) is 11.1. The van der Waals surface area contributed by atoms with Gasteiger partial charge in [0.05, 0.1) is 35.5 Å². The van der Waals surface area contributed by atoms with Gasteiger partial charge < -0.3 is 49.2 Å². The first-order valence-electron chi connectivity index (χ1n) is 41.8.